The summed E-state index contributed by atoms with van der Waals surface area (Å²) in [7, 11) is 1.24. The minimum Gasteiger partial charge on any atom is -0.465 e. The van der Waals surface area contributed by atoms with Gasteiger partial charge >= 0.3 is 5.97 Å². The number of carbonyl (C=O) groups excluding carboxylic acids is 1. The van der Waals surface area contributed by atoms with Crippen LogP contribution in [0.15, 0.2) is 18.2 Å². The average molecular weight is 295 g/mol. The fraction of sp³-hybridized carbons (Fsp3) is 0.562. The predicted molar refractivity (Wildman–Crippen MR) is 77.5 cm³/mol. The van der Waals surface area contributed by atoms with Crippen molar-refractivity contribution in [2.45, 2.75) is 38.3 Å². The topological polar surface area (TPSA) is 49.8 Å². The Kier molecular flexibility index (Phi) is 5.70. The van der Waals surface area contributed by atoms with E-state index in [0.29, 0.717) is 12.6 Å². The molecule has 0 aromatic heterocycles. The summed E-state index contributed by atoms with van der Waals surface area (Å²) in [5.41, 5.74) is 0.803. The minimum atomic E-state index is -0.657. The van der Waals surface area contributed by atoms with Crippen LogP contribution >= 0.6 is 0 Å². The summed E-state index contributed by atoms with van der Waals surface area (Å²) >= 11 is 0. The second-order valence-corrected chi connectivity index (χ2v) is 5.44. The van der Waals surface area contributed by atoms with E-state index < -0.39 is 11.8 Å². The molecule has 1 heterocycles. The van der Waals surface area contributed by atoms with Crippen molar-refractivity contribution in [3.8, 4) is 0 Å². The summed E-state index contributed by atoms with van der Waals surface area (Å²) in [6.45, 7) is 1.78. The van der Waals surface area contributed by atoms with Crippen LogP contribution in [-0.4, -0.2) is 42.3 Å². The van der Waals surface area contributed by atoms with Gasteiger partial charge in [-0.15, -0.1) is 0 Å². The molecule has 0 bridgehead atoms. The van der Waals surface area contributed by atoms with E-state index in [-0.39, 0.29) is 12.2 Å². The molecule has 1 aliphatic heterocycles. The molecule has 1 aromatic rings. The number of piperidine rings is 1. The fourth-order valence-corrected chi connectivity index (χ4v) is 2.91. The van der Waals surface area contributed by atoms with Crippen molar-refractivity contribution in [3.05, 3.63) is 35.1 Å². The Balaban J connectivity index is 2.08. The first-order valence-corrected chi connectivity index (χ1v) is 7.37. The minimum absolute atomic E-state index is 0.0354. The van der Waals surface area contributed by atoms with Gasteiger partial charge in [0, 0.05) is 19.2 Å². The van der Waals surface area contributed by atoms with Crippen molar-refractivity contribution in [1.29, 1.82) is 0 Å². The van der Waals surface area contributed by atoms with Crippen molar-refractivity contribution in [2.24, 2.45) is 0 Å². The molecule has 1 aromatic carbocycles. The lowest BCUT2D eigenvalue weighted by atomic mass is 9.98. The Hall–Kier alpha value is -1.46. The van der Waals surface area contributed by atoms with Gasteiger partial charge in [-0.1, -0.05) is 12.5 Å². The fourth-order valence-electron chi connectivity index (χ4n) is 2.91. The van der Waals surface area contributed by atoms with Crippen LogP contribution in [0.5, 0.6) is 0 Å². The van der Waals surface area contributed by atoms with Crippen molar-refractivity contribution < 1.29 is 19.0 Å². The summed E-state index contributed by atoms with van der Waals surface area (Å²) in [6, 6.07) is 4.99. The zero-order chi connectivity index (χ0) is 15.2. The average Bonchev–Trinajstić information content (AvgIpc) is 2.49. The van der Waals surface area contributed by atoms with Crippen molar-refractivity contribution in [1.82, 2.24) is 4.90 Å². The van der Waals surface area contributed by atoms with Crippen LogP contribution in [0.25, 0.3) is 0 Å². The molecule has 0 radical (unpaired) electrons. The predicted octanol–water partition coefficient (Wildman–Crippen LogP) is 2.35. The van der Waals surface area contributed by atoms with E-state index in [4.69, 9.17) is 5.11 Å². The SMILES string of the molecule is COC(=O)c1ccc(CN2CCCCC2CCO)cc1F. The van der Waals surface area contributed by atoms with Crippen molar-refractivity contribution in [2.75, 3.05) is 20.3 Å². The number of rotatable bonds is 5. The number of aliphatic hydroxyl groups is 1. The Morgan fingerprint density at radius 1 is 1.48 bits per heavy atom. The highest BCUT2D eigenvalue weighted by Crippen LogP contribution is 2.22. The third-order valence-electron chi connectivity index (χ3n) is 4.04. The number of carbonyl (C=O) groups is 1. The van der Waals surface area contributed by atoms with Crippen LogP contribution in [0.2, 0.25) is 0 Å². The maximum Gasteiger partial charge on any atom is 0.340 e. The van der Waals surface area contributed by atoms with Gasteiger partial charge in [-0.2, -0.15) is 0 Å². The lowest BCUT2D eigenvalue weighted by Crippen LogP contribution is -2.39. The zero-order valence-electron chi connectivity index (χ0n) is 12.3. The van der Waals surface area contributed by atoms with Crippen LogP contribution < -0.4 is 0 Å². The number of esters is 1. The molecule has 5 heteroatoms. The molecule has 1 N–H and O–H groups in total. The standard InChI is InChI=1S/C16H22FNO3/c1-21-16(20)14-6-5-12(10-15(14)17)11-18-8-3-2-4-13(18)7-9-19/h5-6,10,13,19H,2-4,7-9,11H2,1H3. The first-order valence-electron chi connectivity index (χ1n) is 7.37. The smallest absolute Gasteiger partial charge is 0.340 e. The zero-order valence-corrected chi connectivity index (χ0v) is 12.3. The lowest BCUT2D eigenvalue weighted by Gasteiger charge is -2.35. The van der Waals surface area contributed by atoms with E-state index in [9.17, 15) is 9.18 Å². The maximum absolute atomic E-state index is 13.9. The highest BCUT2D eigenvalue weighted by Gasteiger charge is 2.22. The first-order chi connectivity index (χ1) is 10.2. The van der Waals surface area contributed by atoms with E-state index in [0.717, 1.165) is 31.4 Å². The summed E-state index contributed by atoms with van der Waals surface area (Å²) < 4.78 is 18.5. The largest absolute Gasteiger partial charge is 0.465 e. The lowest BCUT2D eigenvalue weighted by molar-refractivity contribution is 0.0595. The summed E-state index contributed by atoms with van der Waals surface area (Å²) in [4.78, 5) is 13.7. The normalized spacial score (nSPS) is 19.5. The monoisotopic (exact) mass is 295 g/mol. The van der Waals surface area contributed by atoms with E-state index in [1.165, 1.54) is 25.7 Å². The third kappa shape index (κ3) is 4.02. The molecule has 1 unspecified atom stereocenters. The second kappa shape index (κ2) is 7.52. The van der Waals surface area contributed by atoms with E-state index in [2.05, 4.69) is 9.64 Å². The van der Waals surface area contributed by atoms with Gasteiger partial charge in [-0.05, 0) is 43.5 Å². The van der Waals surface area contributed by atoms with Crippen LogP contribution in [0.1, 0.15) is 41.6 Å². The van der Waals surface area contributed by atoms with Gasteiger partial charge in [0.25, 0.3) is 0 Å². The van der Waals surface area contributed by atoms with Gasteiger partial charge in [0.2, 0.25) is 0 Å². The Labute approximate surface area is 124 Å². The number of nitrogens with zero attached hydrogens (tertiary/aromatic N) is 1. The quantitative estimate of drug-likeness (QED) is 0.847. The van der Waals surface area contributed by atoms with Crippen LogP contribution in [0.3, 0.4) is 0 Å². The van der Waals surface area contributed by atoms with Gasteiger partial charge in [-0.25, -0.2) is 9.18 Å². The van der Waals surface area contributed by atoms with Gasteiger partial charge < -0.3 is 9.84 Å². The summed E-state index contributed by atoms with van der Waals surface area (Å²) in [6.07, 6.45) is 4.13. The summed E-state index contributed by atoms with van der Waals surface area (Å²) in [5.74, 6) is -1.20. The molecule has 0 saturated carbocycles. The van der Waals surface area contributed by atoms with Crippen molar-refractivity contribution >= 4 is 5.97 Å². The first kappa shape index (κ1) is 15.9. The van der Waals surface area contributed by atoms with E-state index in [1.54, 1.807) is 6.07 Å². The van der Waals surface area contributed by atoms with E-state index >= 15 is 0 Å². The summed E-state index contributed by atoms with van der Waals surface area (Å²) in [5, 5.41) is 9.13. The molecule has 1 fully saturated rings. The number of ether oxygens (including phenoxy) is 1. The van der Waals surface area contributed by atoms with E-state index in [1.807, 2.05) is 0 Å². The molecule has 4 nitrogen and oxygen atoms in total. The highest BCUT2D eigenvalue weighted by atomic mass is 19.1. The molecule has 1 aliphatic rings. The third-order valence-corrected chi connectivity index (χ3v) is 4.04. The molecule has 21 heavy (non-hydrogen) atoms. The number of benzene rings is 1. The molecule has 0 amide bonds. The van der Waals surface area contributed by atoms with Gasteiger partial charge in [0.15, 0.2) is 0 Å². The number of aliphatic hydroxyl groups excluding tert-OH is 1. The van der Waals surface area contributed by atoms with Crippen LogP contribution in [0, 0.1) is 5.82 Å². The van der Waals surface area contributed by atoms with Gasteiger partial charge in [-0.3, -0.25) is 4.90 Å². The molecule has 0 aliphatic carbocycles. The molecular weight excluding hydrogens is 273 g/mol. The van der Waals surface area contributed by atoms with Gasteiger partial charge in [0.05, 0.1) is 12.7 Å². The second-order valence-electron chi connectivity index (χ2n) is 5.44. The Morgan fingerprint density at radius 2 is 2.29 bits per heavy atom. The Bertz CT molecular complexity index is 490. The number of likely N-dealkylation sites (tertiary alicyclic amines) is 1. The number of hydrogen-bond acceptors (Lipinski definition) is 4. The highest BCUT2D eigenvalue weighted by molar-refractivity contribution is 5.89. The van der Waals surface area contributed by atoms with Crippen LogP contribution in [-0.2, 0) is 11.3 Å². The number of hydrogen-bond donors (Lipinski definition) is 1. The van der Waals surface area contributed by atoms with Gasteiger partial charge in [0.1, 0.15) is 5.82 Å². The molecule has 0 spiro atoms. The van der Waals surface area contributed by atoms with Crippen molar-refractivity contribution in [3.63, 3.8) is 0 Å². The van der Waals surface area contributed by atoms with Crippen LogP contribution in [0.4, 0.5) is 4.39 Å². The molecule has 1 saturated heterocycles. The molecule has 2 rings (SSSR count). The molecule has 116 valence electrons. The molecule has 1 atom stereocenters. The number of methoxy groups -OCH3 is 1. The number of halogens is 1. The molecular formula is C16H22FNO3. The Morgan fingerprint density at radius 3 is 2.95 bits per heavy atom. The maximum atomic E-state index is 13.9.